The molecule has 0 spiro atoms. The van der Waals surface area contributed by atoms with Gasteiger partial charge < -0.3 is 19.5 Å². The third-order valence-electron chi connectivity index (χ3n) is 3.41. The first-order valence-corrected chi connectivity index (χ1v) is 7.86. The van der Waals surface area contributed by atoms with Gasteiger partial charge in [0, 0.05) is 19.4 Å². The van der Waals surface area contributed by atoms with Gasteiger partial charge in [0.1, 0.15) is 12.4 Å². The Morgan fingerprint density at radius 3 is 2.67 bits per heavy atom. The maximum Gasteiger partial charge on any atom is 0.303 e. The molecule has 1 rings (SSSR count). The largest absolute Gasteiger partial charge is 0.459 e. The summed E-state index contributed by atoms with van der Waals surface area (Å²) in [5, 5.41) is 2.79. The van der Waals surface area contributed by atoms with E-state index in [9.17, 15) is 14.4 Å². The van der Waals surface area contributed by atoms with Crippen LogP contribution in [0.25, 0.3) is 0 Å². The molecule has 1 N–H and O–H groups in total. The first-order chi connectivity index (χ1) is 11.3. The van der Waals surface area contributed by atoms with Crippen LogP contribution in [0.1, 0.15) is 34.1 Å². The van der Waals surface area contributed by atoms with Crippen molar-refractivity contribution >= 4 is 18.2 Å². The lowest BCUT2D eigenvalue weighted by Gasteiger charge is -2.34. The van der Waals surface area contributed by atoms with Gasteiger partial charge in [0.05, 0.1) is 18.8 Å². The molecule has 24 heavy (non-hydrogen) atoms. The molecule has 0 radical (unpaired) electrons. The molecule has 0 saturated carbocycles. The van der Waals surface area contributed by atoms with Crippen molar-refractivity contribution in [2.75, 3.05) is 6.61 Å². The van der Waals surface area contributed by atoms with Gasteiger partial charge >= 0.3 is 5.97 Å². The maximum absolute atomic E-state index is 11.9. The third kappa shape index (κ3) is 7.52. The fraction of sp³-hybridized carbons (Fsp3) is 0.588. The second-order valence-corrected chi connectivity index (χ2v) is 5.69. The van der Waals surface area contributed by atoms with Crippen LogP contribution in [-0.4, -0.2) is 49.3 Å². The minimum atomic E-state index is -0.471. The van der Waals surface area contributed by atoms with Crippen molar-refractivity contribution in [1.29, 1.82) is 0 Å². The summed E-state index contributed by atoms with van der Waals surface area (Å²) in [7, 11) is 0. The Balaban J connectivity index is 2.42. The fourth-order valence-electron chi connectivity index (χ4n) is 2.09. The van der Waals surface area contributed by atoms with Crippen LogP contribution in [0.3, 0.4) is 0 Å². The van der Waals surface area contributed by atoms with Gasteiger partial charge in [-0.2, -0.15) is 0 Å². The van der Waals surface area contributed by atoms with Crippen molar-refractivity contribution in [3.8, 4) is 0 Å². The number of hydrogen-bond donors (Lipinski definition) is 1. The number of hydrogen-bond acceptors (Lipinski definition) is 6. The highest BCUT2D eigenvalue weighted by molar-refractivity contribution is 5.87. The fourth-order valence-corrected chi connectivity index (χ4v) is 2.09. The molecule has 1 aliphatic heterocycles. The quantitative estimate of drug-likeness (QED) is 0.427. The monoisotopic (exact) mass is 339 g/mol. The number of nitrogens with one attached hydrogen (secondary N) is 1. The van der Waals surface area contributed by atoms with Crippen LogP contribution in [0.5, 0.6) is 0 Å². The number of amides is 1. The molecule has 0 aliphatic carbocycles. The molecule has 0 bridgehead atoms. The number of carbonyl (C=O) groups is 3. The Morgan fingerprint density at radius 2 is 2.08 bits per heavy atom. The summed E-state index contributed by atoms with van der Waals surface area (Å²) in [5.41, 5.74) is 0.623. The Kier molecular flexibility index (Phi) is 8.35. The zero-order chi connectivity index (χ0) is 18.1. The Labute approximate surface area is 142 Å². The molecule has 1 amide bonds. The number of ether oxygens (including phenoxy) is 3. The lowest BCUT2D eigenvalue weighted by Crippen LogP contribution is -2.51. The van der Waals surface area contributed by atoms with Gasteiger partial charge in [0.15, 0.2) is 6.29 Å². The minimum absolute atomic E-state index is 0.225. The lowest BCUT2D eigenvalue weighted by molar-refractivity contribution is -0.217. The van der Waals surface area contributed by atoms with E-state index in [4.69, 9.17) is 14.2 Å². The summed E-state index contributed by atoms with van der Waals surface area (Å²) >= 11 is 0. The van der Waals surface area contributed by atoms with Crippen molar-refractivity contribution in [3.63, 3.8) is 0 Å². The number of carbonyl (C=O) groups excluding carboxylic acids is 3. The van der Waals surface area contributed by atoms with E-state index >= 15 is 0 Å². The van der Waals surface area contributed by atoms with Gasteiger partial charge in [-0.25, -0.2) is 0 Å². The summed E-state index contributed by atoms with van der Waals surface area (Å²) in [6, 6.07) is -0.279. The van der Waals surface area contributed by atoms with Crippen LogP contribution in [0.15, 0.2) is 23.8 Å². The molecule has 1 unspecified atom stereocenters. The van der Waals surface area contributed by atoms with Crippen LogP contribution >= 0.6 is 0 Å². The Morgan fingerprint density at radius 1 is 1.38 bits per heavy atom. The number of aldehydes is 1. The second kappa shape index (κ2) is 10.00. The second-order valence-electron chi connectivity index (χ2n) is 5.69. The van der Waals surface area contributed by atoms with E-state index in [0.717, 1.165) is 6.29 Å². The van der Waals surface area contributed by atoms with E-state index in [1.165, 1.54) is 19.1 Å². The molecule has 7 heteroatoms. The summed E-state index contributed by atoms with van der Waals surface area (Å²) < 4.78 is 16.1. The van der Waals surface area contributed by atoms with Gasteiger partial charge in [0.25, 0.3) is 0 Å². The number of esters is 1. The van der Waals surface area contributed by atoms with Crippen LogP contribution in [-0.2, 0) is 28.6 Å². The highest BCUT2D eigenvalue weighted by Crippen LogP contribution is 2.16. The Hall–Kier alpha value is -1.99. The van der Waals surface area contributed by atoms with Crippen molar-refractivity contribution in [1.82, 2.24) is 5.32 Å². The molecule has 0 aromatic rings. The van der Waals surface area contributed by atoms with Gasteiger partial charge in [-0.3, -0.25) is 14.4 Å². The van der Waals surface area contributed by atoms with E-state index in [-0.39, 0.29) is 18.1 Å². The molecule has 1 heterocycles. The van der Waals surface area contributed by atoms with Gasteiger partial charge in [-0.15, -0.1) is 0 Å². The van der Waals surface area contributed by atoms with E-state index in [1.54, 1.807) is 19.9 Å². The molecule has 7 nitrogen and oxygen atoms in total. The molecule has 1 fully saturated rings. The molecular weight excluding hydrogens is 314 g/mol. The summed E-state index contributed by atoms with van der Waals surface area (Å²) in [5.74, 6) is -0.714. The van der Waals surface area contributed by atoms with E-state index in [1.807, 2.05) is 6.92 Å². The predicted octanol–water partition coefficient (Wildman–Crippen LogP) is 1.28. The van der Waals surface area contributed by atoms with E-state index in [2.05, 4.69) is 5.32 Å². The molecule has 1 saturated heterocycles. The van der Waals surface area contributed by atoms with Gasteiger partial charge in [-0.1, -0.05) is 6.08 Å². The number of allylic oxidation sites excluding steroid dienone is 1. The van der Waals surface area contributed by atoms with Crippen LogP contribution in [0.2, 0.25) is 0 Å². The minimum Gasteiger partial charge on any atom is -0.459 e. The van der Waals surface area contributed by atoms with Crippen molar-refractivity contribution < 1.29 is 28.6 Å². The lowest BCUT2D eigenvalue weighted by atomic mass is 10.1. The average molecular weight is 339 g/mol. The maximum atomic E-state index is 11.9. The molecule has 0 aromatic carbocycles. The van der Waals surface area contributed by atoms with Crippen LogP contribution in [0.4, 0.5) is 0 Å². The third-order valence-corrected chi connectivity index (χ3v) is 3.41. The summed E-state index contributed by atoms with van der Waals surface area (Å²) in [4.78, 5) is 33.2. The molecular formula is C17H25NO6. The van der Waals surface area contributed by atoms with Crippen molar-refractivity contribution in [2.45, 2.75) is 58.7 Å². The highest BCUT2D eigenvalue weighted by atomic mass is 16.7. The van der Waals surface area contributed by atoms with Gasteiger partial charge in [-0.05, 0) is 32.4 Å². The Bertz CT molecular complexity index is 513. The van der Waals surface area contributed by atoms with Crippen molar-refractivity contribution in [2.24, 2.45) is 0 Å². The van der Waals surface area contributed by atoms with E-state index < -0.39 is 18.4 Å². The number of rotatable bonds is 7. The first-order valence-electron chi connectivity index (χ1n) is 7.86. The average Bonchev–Trinajstić information content (AvgIpc) is 2.52. The molecule has 0 aromatic heterocycles. The zero-order valence-corrected chi connectivity index (χ0v) is 14.5. The predicted molar refractivity (Wildman–Crippen MR) is 87.0 cm³/mol. The van der Waals surface area contributed by atoms with Crippen LogP contribution in [0, 0.1) is 0 Å². The van der Waals surface area contributed by atoms with E-state index in [0.29, 0.717) is 18.6 Å². The molecule has 134 valence electrons. The SMILES string of the molecule is CC(=O)OC(C)C=CC(=O)N[C@@H]1CO[C@H](CC=C(C)C=O)O[C@@H]1C. The molecule has 4 atom stereocenters. The smallest absolute Gasteiger partial charge is 0.303 e. The van der Waals surface area contributed by atoms with Crippen molar-refractivity contribution in [3.05, 3.63) is 23.8 Å². The van der Waals surface area contributed by atoms with Gasteiger partial charge in [0.2, 0.25) is 5.91 Å². The normalized spacial score (nSPS) is 26.0. The summed E-state index contributed by atoms with van der Waals surface area (Å²) in [6.45, 7) is 6.86. The molecule has 1 aliphatic rings. The summed E-state index contributed by atoms with van der Waals surface area (Å²) in [6.07, 6.45) is 4.71. The highest BCUT2D eigenvalue weighted by Gasteiger charge is 2.29. The van der Waals surface area contributed by atoms with Crippen LogP contribution < -0.4 is 5.32 Å². The first kappa shape index (κ1) is 20.1. The standard InChI is InChI=1S/C17H25NO6/c1-11(9-19)5-8-17-22-10-15(13(3)24-17)18-16(21)7-6-12(2)23-14(4)20/h5-7,9,12-13,15,17H,8,10H2,1-4H3,(H,18,21)/t12?,13-,15-,17+/m1/s1. The zero-order valence-electron chi connectivity index (χ0n) is 14.5. The topological polar surface area (TPSA) is 90.9 Å².